The van der Waals surface area contributed by atoms with Gasteiger partial charge in [-0.1, -0.05) is 17.7 Å². The number of anilines is 2. The average molecular weight is 379 g/mol. The maximum absolute atomic E-state index is 12.7. The van der Waals surface area contributed by atoms with Crippen molar-refractivity contribution in [3.05, 3.63) is 52.5 Å². The number of hydrogen-bond donors (Lipinski definition) is 1. The molecule has 1 N–H and O–H groups in total. The number of benzene rings is 2. The van der Waals surface area contributed by atoms with Gasteiger partial charge < -0.3 is 4.90 Å². The Bertz CT molecular complexity index is 941. The van der Waals surface area contributed by atoms with Crippen LogP contribution in [0.1, 0.15) is 24.5 Å². The van der Waals surface area contributed by atoms with Crippen LogP contribution >= 0.6 is 11.6 Å². The maximum atomic E-state index is 12.7. The highest BCUT2D eigenvalue weighted by Gasteiger charge is 2.23. The molecule has 1 aliphatic rings. The minimum absolute atomic E-state index is 0.0380. The Balaban J connectivity index is 1.92. The van der Waals surface area contributed by atoms with Crippen molar-refractivity contribution < 1.29 is 13.2 Å². The topological polar surface area (TPSA) is 66.5 Å². The molecule has 0 bridgehead atoms. The summed E-state index contributed by atoms with van der Waals surface area (Å²) in [5, 5.41) is 0.503. The van der Waals surface area contributed by atoms with Crippen LogP contribution < -0.4 is 9.62 Å². The Morgan fingerprint density at radius 3 is 2.64 bits per heavy atom. The van der Waals surface area contributed by atoms with Crippen molar-refractivity contribution in [3.63, 3.8) is 0 Å². The number of carbonyl (C=O) groups excluding carboxylic acids is 1. The van der Waals surface area contributed by atoms with Gasteiger partial charge in [-0.05, 0) is 61.2 Å². The van der Waals surface area contributed by atoms with Crippen LogP contribution in [0.2, 0.25) is 5.02 Å². The number of rotatable bonds is 3. The Kier molecular flexibility index (Phi) is 4.75. The zero-order chi connectivity index (χ0) is 18.2. The third-order valence-corrected chi connectivity index (χ3v) is 6.07. The van der Waals surface area contributed by atoms with Gasteiger partial charge in [0.15, 0.2) is 0 Å². The molecule has 5 nitrogen and oxygen atoms in total. The summed E-state index contributed by atoms with van der Waals surface area (Å²) in [6, 6.07) is 9.89. The van der Waals surface area contributed by atoms with E-state index in [0.29, 0.717) is 17.3 Å². The van der Waals surface area contributed by atoms with Gasteiger partial charge in [0, 0.05) is 24.2 Å². The highest BCUT2D eigenvalue weighted by Crippen LogP contribution is 2.30. The summed E-state index contributed by atoms with van der Waals surface area (Å²) < 4.78 is 27.9. The highest BCUT2D eigenvalue weighted by molar-refractivity contribution is 7.92. The van der Waals surface area contributed by atoms with Crippen molar-refractivity contribution >= 4 is 38.9 Å². The Labute approximate surface area is 152 Å². The lowest BCUT2D eigenvalue weighted by Gasteiger charge is -2.28. The van der Waals surface area contributed by atoms with Gasteiger partial charge in [-0.3, -0.25) is 9.52 Å². The van der Waals surface area contributed by atoms with Crippen molar-refractivity contribution in [1.82, 2.24) is 0 Å². The van der Waals surface area contributed by atoms with Gasteiger partial charge in [-0.25, -0.2) is 8.42 Å². The third kappa shape index (κ3) is 3.65. The molecule has 132 valence electrons. The molecule has 0 atom stereocenters. The largest absolute Gasteiger partial charge is 0.312 e. The van der Waals surface area contributed by atoms with Gasteiger partial charge in [0.05, 0.1) is 10.6 Å². The molecule has 0 saturated carbocycles. The lowest BCUT2D eigenvalue weighted by atomic mass is 10.0. The first-order valence-electron chi connectivity index (χ1n) is 7.98. The van der Waals surface area contributed by atoms with Gasteiger partial charge in [-0.15, -0.1) is 0 Å². The third-order valence-electron chi connectivity index (χ3n) is 4.28. The number of nitrogens with one attached hydrogen (secondary N) is 1. The molecule has 25 heavy (non-hydrogen) atoms. The second kappa shape index (κ2) is 6.69. The summed E-state index contributed by atoms with van der Waals surface area (Å²) in [6.07, 6.45) is 1.57. The van der Waals surface area contributed by atoms with Crippen molar-refractivity contribution in [2.45, 2.75) is 31.6 Å². The van der Waals surface area contributed by atoms with E-state index in [-0.39, 0.29) is 10.8 Å². The normalized spacial score (nSPS) is 14.1. The van der Waals surface area contributed by atoms with E-state index in [1.165, 1.54) is 13.0 Å². The van der Waals surface area contributed by atoms with Crippen LogP contribution in [0.5, 0.6) is 0 Å². The summed E-state index contributed by atoms with van der Waals surface area (Å²) in [6.45, 7) is 4.03. The molecule has 0 aliphatic carbocycles. The van der Waals surface area contributed by atoms with Crippen LogP contribution in [0.3, 0.4) is 0 Å². The van der Waals surface area contributed by atoms with E-state index in [0.717, 1.165) is 29.7 Å². The number of nitrogens with zero attached hydrogens (tertiary/aromatic N) is 1. The second-order valence-corrected chi connectivity index (χ2v) is 8.22. The Morgan fingerprint density at radius 2 is 1.96 bits per heavy atom. The number of amides is 1. The number of aryl methyl sites for hydroxylation is 2. The molecule has 3 rings (SSSR count). The van der Waals surface area contributed by atoms with Gasteiger partial charge in [-0.2, -0.15) is 0 Å². The minimum atomic E-state index is -3.73. The fourth-order valence-corrected chi connectivity index (χ4v) is 4.22. The first-order chi connectivity index (χ1) is 11.8. The molecular formula is C18H19ClN2O3S. The Morgan fingerprint density at radius 1 is 1.20 bits per heavy atom. The summed E-state index contributed by atoms with van der Waals surface area (Å²) in [4.78, 5) is 13.6. The average Bonchev–Trinajstić information content (AvgIpc) is 2.56. The van der Waals surface area contributed by atoms with Crippen LogP contribution in [-0.2, 0) is 21.2 Å². The van der Waals surface area contributed by atoms with E-state index in [9.17, 15) is 13.2 Å². The number of hydrogen-bond acceptors (Lipinski definition) is 3. The van der Waals surface area contributed by atoms with E-state index < -0.39 is 10.0 Å². The minimum Gasteiger partial charge on any atom is -0.312 e. The van der Waals surface area contributed by atoms with Crippen LogP contribution in [0.25, 0.3) is 0 Å². The van der Waals surface area contributed by atoms with E-state index in [4.69, 9.17) is 11.6 Å². The molecule has 0 spiro atoms. The van der Waals surface area contributed by atoms with Crippen molar-refractivity contribution in [2.24, 2.45) is 0 Å². The zero-order valence-corrected chi connectivity index (χ0v) is 15.6. The molecule has 0 aromatic heterocycles. The summed E-state index contributed by atoms with van der Waals surface area (Å²) in [7, 11) is -3.73. The zero-order valence-electron chi connectivity index (χ0n) is 14.0. The standard InChI is InChI=1S/C18H19ClN2O3S/c1-12-5-6-15(11-17(12)19)20-25(23,24)16-7-8-18-14(10-16)4-3-9-21(18)13(2)22/h5-8,10-11,20H,3-4,9H2,1-2H3. The molecule has 1 amide bonds. The number of sulfonamides is 1. The molecule has 0 fully saturated rings. The Hall–Kier alpha value is -2.05. The quantitative estimate of drug-likeness (QED) is 0.884. The second-order valence-electron chi connectivity index (χ2n) is 6.13. The summed E-state index contributed by atoms with van der Waals surface area (Å²) in [5.41, 5.74) is 2.95. The monoisotopic (exact) mass is 378 g/mol. The molecule has 2 aromatic carbocycles. The molecule has 0 radical (unpaired) electrons. The maximum Gasteiger partial charge on any atom is 0.261 e. The molecule has 0 saturated heterocycles. The molecule has 7 heteroatoms. The smallest absolute Gasteiger partial charge is 0.261 e. The van der Waals surface area contributed by atoms with Gasteiger partial charge >= 0.3 is 0 Å². The van der Waals surface area contributed by atoms with Gasteiger partial charge in [0.2, 0.25) is 5.91 Å². The SMILES string of the molecule is CC(=O)N1CCCc2cc(S(=O)(=O)Nc3ccc(C)c(Cl)c3)ccc21. The molecule has 0 unspecified atom stereocenters. The van der Waals surface area contributed by atoms with E-state index in [2.05, 4.69) is 4.72 Å². The fourth-order valence-electron chi connectivity index (χ4n) is 2.94. The lowest BCUT2D eigenvalue weighted by molar-refractivity contribution is -0.116. The predicted molar refractivity (Wildman–Crippen MR) is 99.8 cm³/mol. The predicted octanol–water partition coefficient (Wildman–Crippen LogP) is 3.75. The van der Waals surface area contributed by atoms with Crippen molar-refractivity contribution in [2.75, 3.05) is 16.2 Å². The van der Waals surface area contributed by atoms with Crippen LogP contribution in [0.4, 0.5) is 11.4 Å². The van der Waals surface area contributed by atoms with Crippen LogP contribution in [0.15, 0.2) is 41.3 Å². The van der Waals surface area contributed by atoms with E-state index >= 15 is 0 Å². The molecule has 2 aromatic rings. The summed E-state index contributed by atoms with van der Waals surface area (Å²) in [5.74, 6) is -0.0380. The first kappa shape index (κ1) is 17.8. The van der Waals surface area contributed by atoms with Crippen LogP contribution in [-0.4, -0.2) is 20.9 Å². The van der Waals surface area contributed by atoms with E-state index in [1.54, 1.807) is 35.2 Å². The molecule has 1 aliphatic heterocycles. The molecule has 1 heterocycles. The summed E-state index contributed by atoms with van der Waals surface area (Å²) >= 11 is 6.06. The van der Waals surface area contributed by atoms with Crippen molar-refractivity contribution in [3.8, 4) is 0 Å². The number of halogens is 1. The van der Waals surface area contributed by atoms with Gasteiger partial charge in [0.1, 0.15) is 0 Å². The van der Waals surface area contributed by atoms with E-state index in [1.807, 2.05) is 6.92 Å². The molecular weight excluding hydrogens is 360 g/mol. The van der Waals surface area contributed by atoms with Crippen molar-refractivity contribution in [1.29, 1.82) is 0 Å². The number of fused-ring (bicyclic) bond motifs is 1. The van der Waals surface area contributed by atoms with Crippen LogP contribution in [0, 0.1) is 6.92 Å². The highest BCUT2D eigenvalue weighted by atomic mass is 35.5. The fraction of sp³-hybridized carbons (Fsp3) is 0.278. The number of carbonyl (C=O) groups is 1. The first-order valence-corrected chi connectivity index (χ1v) is 9.84. The van der Waals surface area contributed by atoms with Gasteiger partial charge in [0.25, 0.3) is 10.0 Å². The lowest BCUT2D eigenvalue weighted by Crippen LogP contribution is -2.33.